The van der Waals surface area contributed by atoms with E-state index in [1.165, 1.54) is 12.1 Å². The van der Waals surface area contributed by atoms with Crippen molar-refractivity contribution in [1.82, 2.24) is 4.90 Å². The molecule has 1 aromatic rings. The van der Waals surface area contributed by atoms with Crippen LogP contribution in [0.1, 0.15) is 17.5 Å². The quantitative estimate of drug-likeness (QED) is 0.684. The number of benzene rings is 1. The number of hydrogen-bond acceptors (Lipinski definition) is 4. The molecule has 2 bridgehead atoms. The van der Waals surface area contributed by atoms with Gasteiger partial charge in [0.25, 0.3) is 0 Å². The molecule has 3 atom stereocenters. The van der Waals surface area contributed by atoms with Crippen molar-refractivity contribution in [3.8, 4) is 5.75 Å². The van der Waals surface area contributed by atoms with E-state index in [1.807, 2.05) is 0 Å². The van der Waals surface area contributed by atoms with Crippen LogP contribution in [-0.2, 0) is 21.3 Å². The number of fused-ring (bicyclic) bond motifs is 1. The highest BCUT2D eigenvalue weighted by atomic mass is 19.4. The standard InChI is InChI=1S/C17H17F6NO3/c1-24-5-4-14-8-26-15(16(18,19)20,17(21,22)23)27-13(14)12(24)6-9-2-3-10(25)7-11(9)14/h2-3,7,12-13,25H,4-6,8H2,1H3/t12-,13+,14-/m1/s1. The first-order chi connectivity index (χ1) is 12.4. The van der Waals surface area contributed by atoms with E-state index >= 15 is 0 Å². The van der Waals surface area contributed by atoms with E-state index in [9.17, 15) is 31.4 Å². The predicted octanol–water partition coefficient (Wildman–Crippen LogP) is 3.13. The summed E-state index contributed by atoms with van der Waals surface area (Å²) in [4.78, 5) is 1.72. The third-order valence-electron chi connectivity index (χ3n) is 6.00. The molecule has 4 nitrogen and oxygen atoms in total. The Morgan fingerprint density at radius 2 is 1.81 bits per heavy atom. The molecule has 2 aliphatic heterocycles. The van der Waals surface area contributed by atoms with Gasteiger partial charge in [-0.2, -0.15) is 26.3 Å². The molecule has 0 unspecified atom stereocenters. The average molecular weight is 397 g/mol. The molecule has 0 amide bonds. The number of ether oxygens (including phenoxy) is 2. The van der Waals surface area contributed by atoms with Crippen LogP contribution >= 0.6 is 0 Å². The Hall–Kier alpha value is -1.52. The Bertz CT molecular complexity index is 750. The van der Waals surface area contributed by atoms with Crippen LogP contribution in [0.2, 0.25) is 0 Å². The molecule has 3 aliphatic rings. The molecule has 150 valence electrons. The summed E-state index contributed by atoms with van der Waals surface area (Å²) >= 11 is 0. The summed E-state index contributed by atoms with van der Waals surface area (Å²) in [6, 6.07) is 3.82. The van der Waals surface area contributed by atoms with Crippen LogP contribution in [0.4, 0.5) is 26.3 Å². The summed E-state index contributed by atoms with van der Waals surface area (Å²) in [6.45, 7) is -0.328. The number of phenolic OH excluding ortho intramolecular Hbond substituents is 1. The third kappa shape index (κ3) is 2.42. The molecule has 10 heteroatoms. The summed E-state index contributed by atoms with van der Waals surface area (Å²) in [7, 11) is 1.65. The first-order valence-electron chi connectivity index (χ1n) is 8.39. The van der Waals surface area contributed by atoms with Crippen molar-refractivity contribution in [1.29, 1.82) is 0 Å². The van der Waals surface area contributed by atoms with E-state index in [4.69, 9.17) is 4.74 Å². The van der Waals surface area contributed by atoms with Crippen molar-refractivity contribution in [2.24, 2.45) is 0 Å². The van der Waals surface area contributed by atoms with Crippen molar-refractivity contribution in [2.45, 2.75) is 48.5 Å². The Balaban J connectivity index is 1.86. The maximum atomic E-state index is 13.5. The number of likely N-dealkylation sites (N-methyl/N-ethyl adjacent to an activating group) is 1. The van der Waals surface area contributed by atoms with Gasteiger partial charge in [-0.1, -0.05) is 6.07 Å². The molecule has 4 rings (SSSR count). The minimum Gasteiger partial charge on any atom is -0.508 e. The molecule has 0 saturated carbocycles. The van der Waals surface area contributed by atoms with Gasteiger partial charge < -0.3 is 19.5 Å². The SMILES string of the molecule is CN1CC[C@]23COC(C(F)(F)F)(C(F)(F)F)O[C@H]2[C@H]1Cc1ccc(O)cc13. The molecule has 0 spiro atoms. The highest BCUT2D eigenvalue weighted by Gasteiger charge is 2.79. The van der Waals surface area contributed by atoms with Crippen molar-refractivity contribution < 1.29 is 40.9 Å². The van der Waals surface area contributed by atoms with Crippen molar-refractivity contribution >= 4 is 0 Å². The first kappa shape index (κ1) is 18.8. The topological polar surface area (TPSA) is 41.9 Å². The summed E-state index contributed by atoms with van der Waals surface area (Å²) in [5.74, 6) is -4.76. The second-order valence-corrected chi connectivity index (χ2v) is 7.44. The highest BCUT2D eigenvalue weighted by Crippen LogP contribution is 2.57. The zero-order valence-electron chi connectivity index (χ0n) is 14.2. The van der Waals surface area contributed by atoms with E-state index in [0.29, 0.717) is 12.1 Å². The van der Waals surface area contributed by atoms with Crippen LogP contribution < -0.4 is 0 Å². The van der Waals surface area contributed by atoms with Crippen LogP contribution in [0.15, 0.2) is 18.2 Å². The third-order valence-corrected chi connectivity index (χ3v) is 6.00. The summed E-state index contributed by atoms with van der Waals surface area (Å²) < 4.78 is 90.1. The van der Waals surface area contributed by atoms with Gasteiger partial charge in [-0.15, -0.1) is 0 Å². The second kappa shape index (κ2) is 5.51. The number of alkyl halides is 6. The smallest absolute Gasteiger partial charge is 0.453 e. The number of aromatic hydroxyl groups is 1. The van der Waals surface area contributed by atoms with Gasteiger partial charge in [0.2, 0.25) is 0 Å². The number of piperidine rings is 1. The number of rotatable bonds is 0. The van der Waals surface area contributed by atoms with Gasteiger partial charge in [-0.05, 0) is 49.7 Å². The number of likely N-dealkylation sites (tertiary alicyclic amines) is 1. The lowest BCUT2D eigenvalue weighted by Gasteiger charge is -2.60. The van der Waals surface area contributed by atoms with Crippen molar-refractivity contribution in [3.63, 3.8) is 0 Å². The van der Waals surface area contributed by atoms with Gasteiger partial charge in [0, 0.05) is 11.5 Å². The number of phenols is 1. The van der Waals surface area contributed by atoms with E-state index in [-0.39, 0.29) is 18.6 Å². The lowest BCUT2D eigenvalue weighted by Crippen LogP contribution is -2.75. The van der Waals surface area contributed by atoms with Crippen LogP contribution in [0.5, 0.6) is 5.75 Å². The lowest BCUT2D eigenvalue weighted by atomic mass is 9.61. The summed E-state index contributed by atoms with van der Waals surface area (Å²) in [6.07, 6.45) is -12.4. The van der Waals surface area contributed by atoms with Crippen LogP contribution in [0.3, 0.4) is 0 Å². The van der Waals surface area contributed by atoms with Gasteiger partial charge in [0.1, 0.15) is 5.75 Å². The van der Waals surface area contributed by atoms with Gasteiger partial charge in [0.15, 0.2) is 0 Å². The molecule has 1 N–H and O–H groups in total. The fraction of sp³-hybridized carbons (Fsp3) is 0.647. The maximum absolute atomic E-state index is 13.5. The van der Waals surface area contributed by atoms with Crippen LogP contribution in [0, 0.1) is 0 Å². The Morgan fingerprint density at radius 1 is 1.15 bits per heavy atom. The normalized spacial score (nSPS) is 33.3. The molecule has 2 saturated heterocycles. The van der Waals surface area contributed by atoms with Crippen molar-refractivity contribution in [2.75, 3.05) is 20.2 Å². The number of halogens is 6. The number of nitrogens with zero attached hydrogens (tertiary/aromatic N) is 1. The predicted molar refractivity (Wildman–Crippen MR) is 80.2 cm³/mol. The fourth-order valence-electron chi connectivity index (χ4n) is 4.59. The molecule has 1 aromatic carbocycles. The molecule has 1 aliphatic carbocycles. The van der Waals surface area contributed by atoms with Gasteiger partial charge in [-0.3, -0.25) is 0 Å². The molecule has 27 heavy (non-hydrogen) atoms. The van der Waals surface area contributed by atoms with Gasteiger partial charge in [0.05, 0.1) is 12.7 Å². The van der Waals surface area contributed by atoms with Crippen LogP contribution in [-0.4, -0.2) is 60.5 Å². The largest absolute Gasteiger partial charge is 0.508 e. The molecular weight excluding hydrogens is 380 g/mol. The minimum absolute atomic E-state index is 0.109. The average Bonchev–Trinajstić information content (AvgIpc) is 2.56. The van der Waals surface area contributed by atoms with E-state index in [0.717, 1.165) is 5.56 Å². The first-order valence-corrected chi connectivity index (χ1v) is 8.39. The lowest BCUT2D eigenvalue weighted by molar-refractivity contribution is -0.503. The maximum Gasteiger partial charge on any atom is 0.453 e. The Kier molecular flexibility index (Phi) is 3.84. The second-order valence-electron chi connectivity index (χ2n) is 7.44. The summed E-state index contributed by atoms with van der Waals surface area (Å²) in [5.41, 5.74) is 0.0814. The van der Waals surface area contributed by atoms with E-state index in [2.05, 4.69) is 4.74 Å². The van der Waals surface area contributed by atoms with E-state index < -0.39 is 42.3 Å². The number of hydrogen-bond donors (Lipinski definition) is 1. The zero-order chi connectivity index (χ0) is 19.8. The molecule has 2 heterocycles. The van der Waals surface area contributed by atoms with Gasteiger partial charge >= 0.3 is 18.1 Å². The molecule has 0 aromatic heterocycles. The van der Waals surface area contributed by atoms with Crippen molar-refractivity contribution in [3.05, 3.63) is 29.3 Å². The monoisotopic (exact) mass is 397 g/mol. The molecule has 2 fully saturated rings. The van der Waals surface area contributed by atoms with Crippen LogP contribution in [0.25, 0.3) is 0 Å². The Labute approximate surface area is 150 Å². The summed E-state index contributed by atoms with van der Waals surface area (Å²) in [5, 5.41) is 9.83. The van der Waals surface area contributed by atoms with E-state index in [1.54, 1.807) is 18.0 Å². The minimum atomic E-state index is -5.78. The van der Waals surface area contributed by atoms with Gasteiger partial charge in [-0.25, -0.2) is 0 Å². The zero-order valence-corrected chi connectivity index (χ0v) is 14.2. The fourth-order valence-corrected chi connectivity index (χ4v) is 4.59. The Morgan fingerprint density at radius 3 is 2.44 bits per heavy atom. The highest BCUT2D eigenvalue weighted by molar-refractivity contribution is 5.46. The molecule has 0 radical (unpaired) electrons. The molecular formula is C17H17F6NO3.